The number of carbonyl (C=O) groups is 2. The van der Waals surface area contributed by atoms with E-state index in [4.69, 9.17) is 4.74 Å². The molecule has 390 valence electrons. The van der Waals surface area contributed by atoms with Crippen molar-refractivity contribution in [3.05, 3.63) is 24.3 Å². The summed E-state index contributed by atoms with van der Waals surface area (Å²) in [6.07, 6.45) is 67.4. The highest BCUT2D eigenvalue weighted by Gasteiger charge is 2.20. The molecule has 2 unspecified atom stereocenters. The fourth-order valence-electron chi connectivity index (χ4n) is 9.19. The number of ether oxygens (including phenoxy) is 1. The van der Waals surface area contributed by atoms with Gasteiger partial charge in [-0.05, 0) is 51.4 Å². The van der Waals surface area contributed by atoms with Crippen molar-refractivity contribution in [1.82, 2.24) is 5.32 Å². The number of aliphatic hydroxyl groups excluding tert-OH is 2. The standard InChI is InChI=1S/C60H115NO5/c1-3-5-7-9-11-13-15-17-28-32-36-40-44-48-52-58(63)57(56-62)61-59(64)53-49-45-41-37-33-29-26-24-22-20-19-21-23-25-27-31-35-39-43-47-51-55-66-60(65)54-50-46-42-38-34-30-18-16-14-12-10-8-6-4-2/h10,12,16,18,57-58,62-63H,3-9,11,13-15,17,19-56H2,1-2H3,(H,61,64)/b12-10-,18-16-. The third-order valence-corrected chi connectivity index (χ3v) is 13.8. The zero-order chi connectivity index (χ0) is 47.9. The van der Waals surface area contributed by atoms with E-state index in [1.807, 2.05) is 0 Å². The lowest BCUT2D eigenvalue weighted by atomic mass is 10.0. The number of carbonyl (C=O) groups excluding carboxylic acids is 2. The van der Waals surface area contributed by atoms with Crippen LogP contribution in [-0.4, -0.2) is 47.4 Å². The molecule has 0 bridgehead atoms. The van der Waals surface area contributed by atoms with Crippen LogP contribution >= 0.6 is 0 Å². The van der Waals surface area contributed by atoms with Crippen molar-refractivity contribution in [3.8, 4) is 0 Å². The van der Waals surface area contributed by atoms with Crippen molar-refractivity contribution in [2.45, 2.75) is 334 Å². The first kappa shape index (κ1) is 64.3. The maximum absolute atomic E-state index is 12.5. The SMILES string of the molecule is CCCC/C=C\C/C=C\CCCCCCCC(=O)OCCCCCCCCCCCCCCCCCCCCCCCC(=O)NC(CO)C(O)CCCCCCCCCCCCCCCC. The number of esters is 1. The average Bonchev–Trinajstić information content (AvgIpc) is 3.32. The summed E-state index contributed by atoms with van der Waals surface area (Å²) in [5.74, 6) is -0.0373. The van der Waals surface area contributed by atoms with Crippen LogP contribution in [-0.2, 0) is 14.3 Å². The van der Waals surface area contributed by atoms with Crippen LogP contribution in [0.1, 0.15) is 322 Å². The Balaban J connectivity index is 3.38. The van der Waals surface area contributed by atoms with Crippen LogP contribution in [0.25, 0.3) is 0 Å². The van der Waals surface area contributed by atoms with E-state index in [-0.39, 0.29) is 18.5 Å². The molecule has 0 spiro atoms. The number of rotatable bonds is 55. The summed E-state index contributed by atoms with van der Waals surface area (Å²) < 4.78 is 5.47. The number of allylic oxidation sites excluding steroid dienone is 4. The minimum Gasteiger partial charge on any atom is -0.466 e. The van der Waals surface area contributed by atoms with Crippen molar-refractivity contribution < 1.29 is 24.5 Å². The monoisotopic (exact) mass is 930 g/mol. The van der Waals surface area contributed by atoms with E-state index in [2.05, 4.69) is 43.5 Å². The molecule has 0 saturated heterocycles. The van der Waals surface area contributed by atoms with Gasteiger partial charge in [0, 0.05) is 12.8 Å². The highest BCUT2D eigenvalue weighted by atomic mass is 16.5. The smallest absolute Gasteiger partial charge is 0.305 e. The molecule has 0 radical (unpaired) electrons. The van der Waals surface area contributed by atoms with Crippen molar-refractivity contribution in [2.24, 2.45) is 0 Å². The van der Waals surface area contributed by atoms with Gasteiger partial charge in [0.25, 0.3) is 0 Å². The van der Waals surface area contributed by atoms with E-state index in [0.717, 1.165) is 51.4 Å². The maximum Gasteiger partial charge on any atom is 0.305 e. The Hall–Kier alpha value is -1.66. The summed E-state index contributed by atoms with van der Waals surface area (Å²) in [5.41, 5.74) is 0. The lowest BCUT2D eigenvalue weighted by molar-refractivity contribution is -0.143. The Labute approximate surface area is 411 Å². The molecule has 0 aliphatic carbocycles. The van der Waals surface area contributed by atoms with E-state index >= 15 is 0 Å². The molecule has 0 rings (SSSR count). The quantitative estimate of drug-likeness (QED) is 0.0321. The van der Waals surface area contributed by atoms with Crippen LogP contribution in [0.3, 0.4) is 0 Å². The van der Waals surface area contributed by atoms with Gasteiger partial charge >= 0.3 is 5.97 Å². The molecule has 2 atom stereocenters. The predicted octanol–water partition coefficient (Wildman–Crippen LogP) is 18.2. The molecule has 0 fully saturated rings. The average molecular weight is 931 g/mol. The zero-order valence-corrected chi connectivity index (χ0v) is 44.4. The predicted molar refractivity (Wildman–Crippen MR) is 287 cm³/mol. The second-order valence-corrected chi connectivity index (χ2v) is 20.3. The topological polar surface area (TPSA) is 95.9 Å². The largest absolute Gasteiger partial charge is 0.466 e. The minimum absolute atomic E-state index is 0.00241. The summed E-state index contributed by atoms with van der Waals surface area (Å²) in [7, 11) is 0. The van der Waals surface area contributed by atoms with Crippen molar-refractivity contribution >= 4 is 11.9 Å². The Bertz CT molecular complexity index is 1030. The molecule has 6 nitrogen and oxygen atoms in total. The van der Waals surface area contributed by atoms with Crippen LogP contribution in [0.15, 0.2) is 24.3 Å². The van der Waals surface area contributed by atoms with Gasteiger partial charge in [-0.1, -0.05) is 282 Å². The van der Waals surface area contributed by atoms with Crippen LogP contribution in [0.4, 0.5) is 0 Å². The van der Waals surface area contributed by atoms with E-state index < -0.39 is 12.1 Å². The first-order valence-electron chi connectivity index (χ1n) is 29.6. The van der Waals surface area contributed by atoms with Crippen LogP contribution < -0.4 is 5.32 Å². The molecule has 1 amide bonds. The van der Waals surface area contributed by atoms with Gasteiger partial charge < -0.3 is 20.3 Å². The Morgan fingerprint density at radius 1 is 0.424 bits per heavy atom. The van der Waals surface area contributed by atoms with E-state index in [0.29, 0.717) is 25.9 Å². The normalized spacial score (nSPS) is 12.7. The molecule has 0 aromatic carbocycles. The first-order chi connectivity index (χ1) is 32.5. The van der Waals surface area contributed by atoms with Gasteiger partial charge in [-0.25, -0.2) is 0 Å². The van der Waals surface area contributed by atoms with Crippen LogP contribution in [0, 0.1) is 0 Å². The molecule has 0 aliphatic heterocycles. The van der Waals surface area contributed by atoms with Crippen LogP contribution in [0.2, 0.25) is 0 Å². The molecule has 0 aromatic rings. The lowest BCUT2D eigenvalue weighted by Crippen LogP contribution is -2.45. The molecule has 0 saturated carbocycles. The summed E-state index contributed by atoms with van der Waals surface area (Å²) in [6, 6.07) is -0.542. The molecule has 6 heteroatoms. The third-order valence-electron chi connectivity index (χ3n) is 13.8. The second kappa shape index (κ2) is 55.9. The Kier molecular flexibility index (Phi) is 54.5. The summed E-state index contributed by atoms with van der Waals surface area (Å²) in [4.78, 5) is 24.5. The second-order valence-electron chi connectivity index (χ2n) is 20.3. The van der Waals surface area contributed by atoms with E-state index in [9.17, 15) is 19.8 Å². The number of hydrogen-bond acceptors (Lipinski definition) is 5. The first-order valence-corrected chi connectivity index (χ1v) is 29.6. The lowest BCUT2D eigenvalue weighted by Gasteiger charge is -2.22. The van der Waals surface area contributed by atoms with Gasteiger partial charge in [-0.15, -0.1) is 0 Å². The molecular weight excluding hydrogens is 815 g/mol. The minimum atomic E-state index is -0.664. The van der Waals surface area contributed by atoms with Crippen molar-refractivity contribution in [3.63, 3.8) is 0 Å². The number of amides is 1. The summed E-state index contributed by atoms with van der Waals surface area (Å²) in [6.45, 7) is 4.92. The fraction of sp³-hybridized carbons (Fsp3) is 0.900. The number of nitrogens with one attached hydrogen (secondary N) is 1. The summed E-state index contributed by atoms with van der Waals surface area (Å²) >= 11 is 0. The van der Waals surface area contributed by atoms with E-state index in [1.54, 1.807) is 0 Å². The van der Waals surface area contributed by atoms with Crippen molar-refractivity contribution in [2.75, 3.05) is 13.2 Å². The Morgan fingerprint density at radius 2 is 0.773 bits per heavy atom. The van der Waals surface area contributed by atoms with Gasteiger partial charge in [0.1, 0.15) is 0 Å². The summed E-state index contributed by atoms with van der Waals surface area (Å²) in [5, 5.41) is 23.3. The van der Waals surface area contributed by atoms with Gasteiger partial charge in [0.15, 0.2) is 0 Å². The maximum atomic E-state index is 12.5. The molecule has 0 aromatic heterocycles. The highest BCUT2D eigenvalue weighted by molar-refractivity contribution is 5.76. The van der Waals surface area contributed by atoms with E-state index in [1.165, 1.54) is 238 Å². The molecular formula is C60H115NO5. The number of hydrogen-bond donors (Lipinski definition) is 3. The highest BCUT2D eigenvalue weighted by Crippen LogP contribution is 2.18. The number of aliphatic hydroxyl groups is 2. The molecule has 66 heavy (non-hydrogen) atoms. The molecule has 3 N–H and O–H groups in total. The Morgan fingerprint density at radius 3 is 1.20 bits per heavy atom. The van der Waals surface area contributed by atoms with Gasteiger partial charge in [0.2, 0.25) is 5.91 Å². The molecule has 0 heterocycles. The third kappa shape index (κ3) is 51.7. The van der Waals surface area contributed by atoms with Gasteiger partial charge in [0.05, 0.1) is 25.4 Å². The fourth-order valence-corrected chi connectivity index (χ4v) is 9.19. The van der Waals surface area contributed by atoms with Gasteiger partial charge in [-0.2, -0.15) is 0 Å². The van der Waals surface area contributed by atoms with Crippen molar-refractivity contribution in [1.29, 1.82) is 0 Å². The molecule has 0 aliphatic rings. The van der Waals surface area contributed by atoms with Crippen LogP contribution in [0.5, 0.6) is 0 Å². The number of unbranched alkanes of at least 4 members (excludes halogenated alkanes) is 40. The zero-order valence-electron chi connectivity index (χ0n) is 44.4. The van der Waals surface area contributed by atoms with Gasteiger partial charge in [-0.3, -0.25) is 9.59 Å².